The van der Waals surface area contributed by atoms with Gasteiger partial charge in [-0.1, -0.05) is 18.2 Å². The van der Waals surface area contributed by atoms with E-state index in [0.717, 1.165) is 5.56 Å². The third kappa shape index (κ3) is 4.71. The minimum Gasteiger partial charge on any atom is -0.496 e. The molecule has 1 aromatic carbocycles. The standard InChI is InChI=1S/C18H23F3N2O4/c1-10(12-6-4-5-7-15(12)27-3)22-16(24)11(2)23-8-13(17(25)26)14(9-23)18(19,20)21/h4-7,10-11,13-14H,8-9H2,1-3H3,(H,22,24)(H,25,26)/t10?,11?,13-,14-/m1/s1. The number of rotatable bonds is 6. The van der Waals surface area contributed by atoms with Crippen molar-refractivity contribution in [2.75, 3.05) is 20.2 Å². The van der Waals surface area contributed by atoms with Crippen molar-refractivity contribution in [3.05, 3.63) is 29.8 Å². The van der Waals surface area contributed by atoms with Gasteiger partial charge in [-0.2, -0.15) is 13.2 Å². The van der Waals surface area contributed by atoms with Gasteiger partial charge < -0.3 is 15.2 Å². The van der Waals surface area contributed by atoms with E-state index in [1.165, 1.54) is 18.9 Å². The highest BCUT2D eigenvalue weighted by Crippen LogP contribution is 2.38. The molecular formula is C18H23F3N2O4. The average molecular weight is 388 g/mol. The second-order valence-electron chi connectivity index (χ2n) is 6.69. The third-order valence-corrected chi connectivity index (χ3v) is 4.98. The van der Waals surface area contributed by atoms with Crippen molar-refractivity contribution in [1.29, 1.82) is 0 Å². The molecule has 0 saturated carbocycles. The van der Waals surface area contributed by atoms with Gasteiger partial charge in [0.05, 0.1) is 31.0 Å². The maximum Gasteiger partial charge on any atom is 0.393 e. The van der Waals surface area contributed by atoms with E-state index in [0.29, 0.717) is 5.75 Å². The molecule has 0 bridgehead atoms. The van der Waals surface area contributed by atoms with Crippen LogP contribution in [-0.2, 0) is 9.59 Å². The van der Waals surface area contributed by atoms with Crippen LogP contribution < -0.4 is 10.1 Å². The lowest BCUT2D eigenvalue weighted by atomic mass is 9.96. The first kappa shape index (κ1) is 21.0. The molecule has 4 atom stereocenters. The molecule has 1 aliphatic heterocycles. The summed E-state index contributed by atoms with van der Waals surface area (Å²) in [5, 5.41) is 11.9. The number of benzene rings is 1. The highest BCUT2D eigenvalue weighted by molar-refractivity contribution is 5.82. The predicted octanol–water partition coefficient (Wildman–Crippen LogP) is 2.46. The number of para-hydroxylation sites is 1. The maximum absolute atomic E-state index is 13.1. The van der Waals surface area contributed by atoms with E-state index in [4.69, 9.17) is 9.84 Å². The third-order valence-electron chi connectivity index (χ3n) is 4.98. The summed E-state index contributed by atoms with van der Waals surface area (Å²) in [5.74, 6) is -4.96. The van der Waals surface area contributed by atoms with Gasteiger partial charge in [0.15, 0.2) is 0 Å². The number of halogens is 3. The first-order valence-corrected chi connectivity index (χ1v) is 8.53. The zero-order chi connectivity index (χ0) is 20.4. The molecule has 1 fully saturated rings. The molecule has 9 heteroatoms. The second kappa shape index (κ2) is 8.16. The summed E-state index contributed by atoms with van der Waals surface area (Å²) in [6.45, 7) is 2.38. The molecule has 150 valence electrons. The fourth-order valence-electron chi connectivity index (χ4n) is 3.33. The van der Waals surface area contributed by atoms with Gasteiger partial charge in [-0.15, -0.1) is 0 Å². The number of aliphatic carboxylic acids is 1. The molecule has 0 spiro atoms. The highest BCUT2D eigenvalue weighted by Gasteiger charge is 2.53. The summed E-state index contributed by atoms with van der Waals surface area (Å²) in [6, 6.07) is 5.78. The number of carbonyl (C=O) groups is 2. The molecule has 27 heavy (non-hydrogen) atoms. The van der Waals surface area contributed by atoms with Gasteiger partial charge in [0.25, 0.3) is 0 Å². The summed E-state index contributed by atoms with van der Waals surface area (Å²) < 4.78 is 44.6. The van der Waals surface area contributed by atoms with Crippen molar-refractivity contribution >= 4 is 11.9 Å². The number of methoxy groups -OCH3 is 1. The number of nitrogens with zero attached hydrogens (tertiary/aromatic N) is 1. The first-order chi connectivity index (χ1) is 12.6. The Labute approximate surface area is 155 Å². The molecular weight excluding hydrogens is 365 g/mol. The summed E-state index contributed by atoms with van der Waals surface area (Å²) in [4.78, 5) is 25.0. The Bertz CT molecular complexity index is 695. The van der Waals surface area contributed by atoms with Gasteiger partial charge in [0, 0.05) is 18.7 Å². The number of hydrogen-bond acceptors (Lipinski definition) is 4. The Morgan fingerprint density at radius 3 is 2.41 bits per heavy atom. The van der Waals surface area contributed by atoms with Crippen LogP contribution in [0.25, 0.3) is 0 Å². The molecule has 2 rings (SSSR count). The van der Waals surface area contributed by atoms with E-state index in [2.05, 4.69) is 5.32 Å². The topological polar surface area (TPSA) is 78.9 Å². The number of likely N-dealkylation sites (tertiary alicyclic amines) is 1. The molecule has 2 N–H and O–H groups in total. The number of nitrogens with one attached hydrogen (secondary N) is 1. The number of carboxylic acid groups (broad SMARTS) is 1. The van der Waals surface area contributed by atoms with Crippen LogP contribution in [0.1, 0.15) is 25.5 Å². The SMILES string of the molecule is COc1ccccc1C(C)NC(=O)C(C)N1C[C@@H](C(F)(F)F)[C@H](C(=O)O)C1. The molecule has 1 aliphatic rings. The summed E-state index contributed by atoms with van der Waals surface area (Å²) in [6.07, 6.45) is -4.63. The molecule has 0 radical (unpaired) electrons. The fourth-order valence-corrected chi connectivity index (χ4v) is 3.33. The van der Waals surface area contributed by atoms with Gasteiger partial charge >= 0.3 is 12.1 Å². The Morgan fingerprint density at radius 2 is 1.89 bits per heavy atom. The molecule has 1 saturated heterocycles. The van der Waals surface area contributed by atoms with Crippen LogP contribution in [0.4, 0.5) is 13.2 Å². The number of hydrogen-bond donors (Lipinski definition) is 2. The molecule has 2 unspecified atom stereocenters. The van der Waals surface area contributed by atoms with Crippen LogP contribution in [0, 0.1) is 11.8 Å². The van der Waals surface area contributed by atoms with Gasteiger partial charge in [0.2, 0.25) is 5.91 Å². The minimum atomic E-state index is -4.63. The number of carbonyl (C=O) groups excluding carboxylic acids is 1. The van der Waals surface area contributed by atoms with E-state index in [1.54, 1.807) is 31.2 Å². The van der Waals surface area contributed by atoms with E-state index in [9.17, 15) is 22.8 Å². The smallest absolute Gasteiger partial charge is 0.393 e. The van der Waals surface area contributed by atoms with Crippen LogP contribution in [0.15, 0.2) is 24.3 Å². The Morgan fingerprint density at radius 1 is 1.26 bits per heavy atom. The van der Waals surface area contributed by atoms with Crippen molar-refractivity contribution in [3.63, 3.8) is 0 Å². The number of amides is 1. The van der Waals surface area contributed by atoms with E-state index >= 15 is 0 Å². The largest absolute Gasteiger partial charge is 0.496 e. The molecule has 1 aromatic rings. The normalized spacial score (nSPS) is 22.9. The van der Waals surface area contributed by atoms with Crippen LogP contribution in [-0.4, -0.2) is 54.3 Å². The maximum atomic E-state index is 13.1. The molecule has 1 heterocycles. The Hall–Kier alpha value is -2.29. The van der Waals surface area contributed by atoms with Crippen molar-refractivity contribution in [3.8, 4) is 5.75 Å². The van der Waals surface area contributed by atoms with Crippen LogP contribution in [0.2, 0.25) is 0 Å². The fraction of sp³-hybridized carbons (Fsp3) is 0.556. The average Bonchev–Trinajstić information content (AvgIpc) is 3.07. The zero-order valence-corrected chi connectivity index (χ0v) is 15.3. The lowest BCUT2D eigenvalue weighted by Crippen LogP contribution is -2.45. The van der Waals surface area contributed by atoms with Crippen LogP contribution in [0.5, 0.6) is 5.75 Å². The summed E-state index contributed by atoms with van der Waals surface area (Å²) in [5.41, 5.74) is 0.735. The molecule has 1 amide bonds. The highest BCUT2D eigenvalue weighted by atomic mass is 19.4. The van der Waals surface area contributed by atoms with Crippen molar-refractivity contribution in [2.45, 2.75) is 32.1 Å². The lowest BCUT2D eigenvalue weighted by molar-refractivity contribution is -0.188. The van der Waals surface area contributed by atoms with Crippen molar-refractivity contribution in [1.82, 2.24) is 10.2 Å². The van der Waals surface area contributed by atoms with Crippen molar-refractivity contribution in [2.24, 2.45) is 11.8 Å². The molecule has 0 aromatic heterocycles. The number of alkyl halides is 3. The van der Waals surface area contributed by atoms with Crippen LogP contribution in [0.3, 0.4) is 0 Å². The lowest BCUT2D eigenvalue weighted by Gasteiger charge is -2.26. The van der Waals surface area contributed by atoms with Gasteiger partial charge in [0.1, 0.15) is 5.75 Å². The van der Waals surface area contributed by atoms with Crippen LogP contribution >= 0.6 is 0 Å². The first-order valence-electron chi connectivity index (χ1n) is 8.53. The Balaban J connectivity index is 2.08. The van der Waals surface area contributed by atoms with E-state index in [1.807, 2.05) is 0 Å². The van der Waals surface area contributed by atoms with E-state index in [-0.39, 0.29) is 6.54 Å². The second-order valence-corrected chi connectivity index (χ2v) is 6.69. The summed E-state index contributed by atoms with van der Waals surface area (Å²) in [7, 11) is 1.50. The molecule has 0 aliphatic carbocycles. The van der Waals surface area contributed by atoms with E-state index < -0.39 is 48.5 Å². The van der Waals surface area contributed by atoms with Gasteiger partial charge in [-0.25, -0.2) is 0 Å². The summed E-state index contributed by atoms with van der Waals surface area (Å²) >= 11 is 0. The molecule has 6 nitrogen and oxygen atoms in total. The van der Waals surface area contributed by atoms with Gasteiger partial charge in [-0.05, 0) is 19.9 Å². The Kier molecular flexibility index (Phi) is 6.35. The predicted molar refractivity (Wildman–Crippen MR) is 91.3 cm³/mol. The van der Waals surface area contributed by atoms with Gasteiger partial charge in [-0.3, -0.25) is 14.5 Å². The number of carboxylic acids is 1. The minimum absolute atomic E-state index is 0.322. The monoisotopic (exact) mass is 388 g/mol. The van der Waals surface area contributed by atoms with Crippen molar-refractivity contribution < 1.29 is 32.6 Å². The quantitative estimate of drug-likeness (QED) is 0.783. The zero-order valence-electron chi connectivity index (χ0n) is 15.3. The number of ether oxygens (including phenoxy) is 1.